The Morgan fingerprint density at radius 3 is 0.948 bits per heavy atom. The smallest absolute Gasteiger partial charge is 0.0776 e. The van der Waals surface area contributed by atoms with E-state index in [1.54, 1.807) is 32.6 Å². The predicted octanol–water partition coefficient (Wildman–Crippen LogP) is 23.6. The molecule has 0 spiro atoms. The highest BCUT2D eigenvalue weighted by molar-refractivity contribution is 7.40. The highest BCUT2D eigenvalue weighted by atomic mass is 32.1. The maximum Gasteiger partial charge on any atom is 0.0776 e. The Hall–Kier alpha value is -3.07. The molecule has 5 heteroatoms. The quantitative estimate of drug-likeness (QED) is 0.0429. The molecule has 0 bridgehead atoms. The SMILES string of the molecule is CCCCC(CC)CC1(CC(CC)CCCC)c2cc(-c3cc4sc5cc(-c6ccc7c(c6)C(CC(CC)CCCC)(CC(CC)CCCC)c6cc([Si](C)(C)C)ccc6-7)sc5c4s3)ccc2-c2ccc([Si](C)(C)C)cc21. The summed E-state index contributed by atoms with van der Waals surface area (Å²) in [4.78, 5) is 2.88. The highest BCUT2D eigenvalue weighted by Gasteiger charge is 2.48. The molecule has 0 amide bonds. The summed E-state index contributed by atoms with van der Waals surface area (Å²) in [6.45, 7) is 34.8. The van der Waals surface area contributed by atoms with Gasteiger partial charge in [0.25, 0.3) is 0 Å². The fraction of sp³-hybridized carbons (Fsp3) is 0.556. The third-order valence-corrected chi connectivity index (χ3v) is 27.5. The zero-order valence-electron chi connectivity index (χ0n) is 50.8. The van der Waals surface area contributed by atoms with E-state index < -0.39 is 16.1 Å². The first-order chi connectivity index (χ1) is 37.0. The van der Waals surface area contributed by atoms with Crippen LogP contribution < -0.4 is 10.4 Å². The minimum atomic E-state index is -1.55. The summed E-state index contributed by atoms with van der Waals surface area (Å²) in [6.07, 6.45) is 26.0. The maximum absolute atomic E-state index is 2.75. The van der Waals surface area contributed by atoms with Gasteiger partial charge in [0.15, 0.2) is 0 Å². The van der Waals surface area contributed by atoms with Crippen molar-refractivity contribution >= 4 is 79.3 Å². The van der Waals surface area contributed by atoms with Gasteiger partial charge in [0.2, 0.25) is 0 Å². The summed E-state index contributed by atoms with van der Waals surface area (Å²) in [7, 11) is -3.10. The van der Waals surface area contributed by atoms with Gasteiger partial charge in [0, 0.05) is 30.0 Å². The van der Waals surface area contributed by atoms with Crippen LogP contribution in [0.15, 0.2) is 84.9 Å². The molecule has 3 heterocycles. The number of benzene rings is 4. The molecule has 0 nitrogen and oxygen atoms in total. The Morgan fingerprint density at radius 2 is 0.662 bits per heavy atom. The summed E-state index contributed by atoms with van der Waals surface area (Å²) < 4.78 is 5.90. The molecule has 414 valence electrons. The lowest BCUT2D eigenvalue weighted by Gasteiger charge is -2.39. The fourth-order valence-corrected chi connectivity index (χ4v) is 21.0. The molecule has 0 fully saturated rings. The van der Waals surface area contributed by atoms with Crippen molar-refractivity contribution < 1.29 is 0 Å². The molecule has 0 aliphatic heterocycles. The van der Waals surface area contributed by atoms with Gasteiger partial charge in [0.1, 0.15) is 0 Å². The van der Waals surface area contributed by atoms with E-state index in [0.717, 1.165) is 23.7 Å². The van der Waals surface area contributed by atoms with Crippen LogP contribution in [0.5, 0.6) is 0 Å². The lowest BCUT2D eigenvalue weighted by molar-refractivity contribution is 0.266. The normalized spacial score (nSPS) is 18.7. The Balaban J connectivity index is 1.15. The molecule has 4 aromatic carbocycles. The van der Waals surface area contributed by atoms with Crippen molar-refractivity contribution in [3.63, 3.8) is 0 Å². The average molecular weight is 1120 g/mol. The number of thiophene rings is 3. The van der Waals surface area contributed by atoms with E-state index in [4.69, 9.17) is 0 Å². The average Bonchev–Trinajstić information content (AvgIpc) is 4.43. The van der Waals surface area contributed by atoms with E-state index in [0.29, 0.717) is 0 Å². The van der Waals surface area contributed by atoms with Crippen molar-refractivity contribution in [3.05, 3.63) is 107 Å². The number of rotatable bonds is 28. The third-order valence-electron chi connectivity index (χ3n) is 19.6. The van der Waals surface area contributed by atoms with E-state index in [1.165, 1.54) is 190 Å². The maximum atomic E-state index is 2.75. The minimum absolute atomic E-state index is 0.0368. The van der Waals surface area contributed by atoms with Crippen molar-refractivity contribution in [1.82, 2.24) is 0 Å². The predicted molar refractivity (Wildman–Crippen MR) is 356 cm³/mol. The Bertz CT molecular complexity index is 2860. The molecular formula is C72H100S3Si2. The van der Waals surface area contributed by atoms with Gasteiger partial charge in [-0.15, -0.1) is 34.0 Å². The van der Waals surface area contributed by atoms with Gasteiger partial charge in [0.05, 0.1) is 25.5 Å². The third kappa shape index (κ3) is 11.7. The van der Waals surface area contributed by atoms with Crippen molar-refractivity contribution in [2.24, 2.45) is 23.7 Å². The highest BCUT2D eigenvalue weighted by Crippen LogP contribution is 2.60. The molecule has 0 N–H and O–H groups in total. The van der Waals surface area contributed by atoms with E-state index in [2.05, 4.69) is 202 Å². The molecule has 4 atom stereocenters. The van der Waals surface area contributed by atoms with Crippen LogP contribution in [0.4, 0.5) is 0 Å². The Kier molecular flexibility index (Phi) is 18.7. The molecule has 2 aliphatic carbocycles. The van der Waals surface area contributed by atoms with Crippen molar-refractivity contribution in [1.29, 1.82) is 0 Å². The van der Waals surface area contributed by atoms with Crippen LogP contribution in [0.1, 0.15) is 206 Å². The first-order valence-corrected chi connectivity index (χ1v) is 41.0. The number of hydrogen-bond donors (Lipinski definition) is 0. The minimum Gasteiger partial charge on any atom is -0.133 e. The number of fused-ring (bicyclic) bond motifs is 9. The zero-order chi connectivity index (χ0) is 54.9. The lowest BCUT2D eigenvalue weighted by Crippen LogP contribution is -2.39. The van der Waals surface area contributed by atoms with E-state index >= 15 is 0 Å². The molecule has 3 aromatic heterocycles. The summed E-state index contributed by atoms with van der Waals surface area (Å²) >= 11 is 6.17. The van der Waals surface area contributed by atoms with Gasteiger partial charge in [-0.25, -0.2) is 0 Å². The molecule has 77 heavy (non-hydrogen) atoms. The van der Waals surface area contributed by atoms with Gasteiger partial charge in [-0.2, -0.15) is 0 Å². The molecule has 0 saturated heterocycles. The fourth-order valence-electron chi connectivity index (χ4n) is 14.6. The summed E-state index contributed by atoms with van der Waals surface area (Å²) in [5.41, 5.74) is 15.6. The van der Waals surface area contributed by atoms with Crippen LogP contribution >= 0.6 is 34.0 Å². The van der Waals surface area contributed by atoms with Crippen molar-refractivity contribution in [2.75, 3.05) is 0 Å². The second-order valence-corrected chi connectivity index (χ2v) is 40.2. The molecule has 0 saturated carbocycles. The van der Waals surface area contributed by atoms with E-state index in [9.17, 15) is 0 Å². The van der Waals surface area contributed by atoms with Crippen molar-refractivity contribution in [2.45, 2.75) is 234 Å². The van der Waals surface area contributed by atoms with Gasteiger partial charge >= 0.3 is 0 Å². The van der Waals surface area contributed by atoms with Gasteiger partial charge < -0.3 is 0 Å². The van der Waals surface area contributed by atoms with E-state index in [-0.39, 0.29) is 10.8 Å². The largest absolute Gasteiger partial charge is 0.133 e. The van der Waals surface area contributed by atoms with Crippen LogP contribution in [0, 0.1) is 23.7 Å². The van der Waals surface area contributed by atoms with Gasteiger partial charge in [-0.05, 0) is 129 Å². The monoisotopic (exact) mass is 1120 g/mol. The standard InChI is InChI=1S/C72H100S3Si2/c1-15-23-27-49(19-5)45-71(46-50(20-6)28-24-16-2)61-39-53(31-35-57(61)59-37-33-55(41-63(59)71)76(9,10)11)65-43-67-69(74-65)70-68(73-67)44-66(75-70)54-32-36-58-60-38-34-56(77(12,13)14)42-64(60)72(62(58)40-54,47-51(21-7)29-25-17-3)48-52(22-8)30-26-18-4/h31-44,49-52H,15-30,45-48H2,1-14H3. The Morgan fingerprint density at radius 1 is 0.364 bits per heavy atom. The molecule has 0 radical (unpaired) electrons. The Labute approximate surface area is 483 Å². The molecule has 4 unspecified atom stereocenters. The first-order valence-electron chi connectivity index (χ1n) is 31.6. The summed E-state index contributed by atoms with van der Waals surface area (Å²) in [6, 6.07) is 36.4. The van der Waals surface area contributed by atoms with Crippen LogP contribution in [-0.2, 0) is 10.8 Å². The number of hydrogen-bond acceptors (Lipinski definition) is 3. The van der Waals surface area contributed by atoms with Crippen LogP contribution in [0.2, 0.25) is 39.3 Å². The van der Waals surface area contributed by atoms with Gasteiger partial charge in [-0.3, -0.25) is 0 Å². The zero-order valence-corrected chi connectivity index (χ0v) is 55.2. The second kappa shape index (κ2) is 24.6. The number of unbranched alkanes of at least 4 members (excludes halogenated alkanes) is 4. The van der Waals surface area contributed by atoms with Crippen molar-refractivity contribution in [3.8, 4) is 43.1 Å². The summed E-state index contributed by atoms with van der Waals surface area (Å²) in [5, 5.41) is 3.24. The topological polar surface area (TPSA) is 0 Å². The first kappa shape index (κ1) is 58.6. The molecule has 7 aromatic rings. The second-order valence-electron chi connectivity index (χ2n) is 26.9. The van der Waals surface area contributed by atoms with Crippen LogP contribution in [-0.4, -0.2) is 16.1 Å². The lowest BCUT2D eigenvalue weighted by atomic mass is 9.65. The molecular weight excluding hydrogens is 1020 g/mol. The van der Waals surface area contributed by atoms with Crippen LogP contribution in [0.3, 0.4) is 0 Å². The summed E-state index contributed by atoms with van der Waals surface area (Å²) in [5.74, 6) is 2.90. The molecule has 2 aliphatic rings. The van der Waals surface area contributed by atoms with E-state index in [1.807, 2.05) is 11.3 Å². The molecule has 9 rings (SSSR count). The van der Waals surface area contributed by atoms with Crippen LogP contribution in [0.25, 0.3) is 61.9 Å². The van der Waals surface area contributed by atoms with Gasteiger partial charge in [-0.1, -0.05) is 268 Å².